The van der Waals surface area contributed by atoms with Crippen LogP contribution in [0.3, 0.4) is 0 Å². The minimum absolute atomic E-state index is 0.0457. The Kier molecular flexibility index (Phi) is 6.03. The molecule has 3 aromatic rings. The third kappa shape index (κ3) is 4.80. The van der Waals surface area contributed by atoms with Gasteiger partial charge in [-0.25, -0.2) is 4.98 Å². The first-order valence-electron chi connectivity index (χ1n) is 7.78. The normalized spacial score (nSPS) is 10.6. The number of benzene rings is 1. The number of thioether (sulfide) groups is 1. The molecule has 0 aliphatic carbocycles. The van der Waals surface area contributed by atoms with Gasteiger partial charge in [-0.15, -0.1) is 23.0 Å². The van der Waals surface area contributed by atoms with Crippen molar-refractivity contribution in [2.75, 3.05) is 12.3 Å². The van der Waals surface area contributed by atoms with Crippen LogP contribution in [0.2, 0.25) is 0 Å². The topological polar surface area (TPSA) is 61.9 Å². The van der Waals surface area contributed by atoms with E-state index in [1.807, 2.05) is 47.8 Å². The average Bonchev–Trinajstić information content (AvgIpc) is 3.32. The van der Waals surface area contributed by atoms with E-state index in [9.17, 15) is 4.79 Å². The highest BCUT2D eigenvalue weighted by molar-refractivity contribution is 7.99. The fourth-order valence-corrected chi connectivity index (χ4v) is 3.68. The molecule has 0 spiro atoms. The van der Waals surface area contributed by atoms with Gasteiger partial charge in [0.1, 0.15) is 0 Å². The Labute approximate surface area is 154 Å². The molecule has 1 amide bonds. The highest BCUT2D eigenvalue weighted by atomic mass is 32.2. The van der Waals surface area contributed by atoms with Gasteiger partial charge in [0.25, 0.3) is 0 Å². The molecule has 25 heavy (non-hydrogen) atoms. The van der Waals surface area contributed by atoms with Crippen molar-refractivity contribution in [1.29, 1.82) is 0 Å². The van der Waals surface area contributed by atoms with Gasteiger partial charge in [0.15, 0.2) is 5.82 Å². The molecule has 128 valence electrons. The summed E-state index contributed by atoms with van der Waals surface area (Å²) in [5.41, 5.74) is 0.971. The van der Waals surface area contributed by atoms with Crippen molar-refractivity contribution in [3.63, 3.8) is 0 Å². The lowest BCUT2D eigenvalue weighted by molar-refractivity contribution is -0.128. The SMILES string of the molecule is C=CCN(Cc1cccs1)C(=O)CSc1n[nH]c(-c2ccccc2)n1. The molecule has 0 saturated heterocycles. The third-order valence-electron chi connectivity index (χ3n) is 3.47. The Hall–Kier alpha value is -2.38. The number of aromatic nitrogens is 3. The molecular formula is C18H18N4OS2. The summed E-state index contributed by atoms with van der Waals surface area (Å²) in [6.45, 7) is 4.87. The molecule has 1 N–H and O–H groups in total. The van der Waals surface area contributed by atoms with Crippen molar-refractivity contribution in [3.05, 3.63) is 65.4 Å². The minimum atomic E-state index is 0.0457. The van der Waals surface area contributed by atoms with Crippen LogP contribution < -0.4 is 0 Å². The number of nitrogens with zero attached hydrogens (tertiary/aromatic N) is 3. The summed E-state index contributed by atoms with van der Waals surface area (Å²) >= 11 is 2.98. The number of carbonyl (C=O) groups is 1. The van der Waals surface area contributed by atoms with Gasteiger partial charge >= 0.3 is 0 Å². The maximum absolute atomic E-state index is 12.5. The smallest absolute Gasteiger partial charge is 0.233 e. The van der Waals surface area contributed by atoms with Crippen molar-refractivity contribution in [2.45, 2.75) is 11.7 Å². The second-order valence-electron chi connectivity index (χ2n) is 5.26. The Bertz CT molecular complexity index is 815. The predicted molar refractivity (Wildman–Crippen MR) is 102 cm³/mol. The van der Waals surface area contributed by atoms with Crippen LogP contribution in [0.5, 0.6) is 0 Å². The zero-order chi connectivity index (χ0) is 17.5. The first-order valence-corrected chi connectivity index (χ1v) is 9.64. The van der Waals surface area contributed by atoms with E-state index in [0.29, 0.717) is 29.8 Å². The quantitative estimate of drug-likeness (QED) is 0.483. The number of hydrogen-bond donors (Lipinski definition) is 1. The molecule has 0 atom stereocenters. The molecule has 0 unspecified atom stereocenters. The number of hydrogen-bond acceptors (Lipinski definition) is 5. The van der Waals surface area contributed by atoms with Crippen molar-refractivity contribution in [1.82, 2.24) is 20.1 Å². The van der Waals surface area contributed by atoms with Crippen LogP contribution in [0.1, 0.15) is 4.88 Å². The van der Waals surface area contributed by atoms with Gasteiger partial charge in [-0.1, -0.05) is 54.2 Å². The van der Waals surface area contributed by atoms with Crippen LogP contribution >= 0.6 is 23.1 Å². The van der Waals surface area contributed by atoms with E-state index >= 15 is 0 Å². The van der Waals surface area contributed by atoms with E-state index in [1.54, 1.807) is 22.3 Å². The van der Waals surface area contributed by atoms with Crippen LogP contribution in [0.15, 0.2) is 65.7 Å². The van der Waals surface area contributed by atoms with Crippen molar-refractivity contribution in [2.24, 2.45) is 0 Å². The molecule has 0 bridgehead atoms. The number of thiophene rings is 1. The van der Waals surface area contributed by atoms with Gasteiger partial charge in [-0.2, -0.15) is 0 Å². The number of carbonyl (C=O) groups excluding carboxylic acids is 1. The highest BCUT2D eigenvalue weighted by Gasteiger charge is 2.15. The Morgan fingerprint density at radius 3 is 2.84 bits per heavy atom. The first kappa shape index (κ1) is 17.4. The van der Waals surface area contributed by atoms with Gasteiger partial charge < -0.3 is 4.90 Å². The molecule has 2 aromatic heterocycles. The molecule has 0 aliphatic rings. The Balaban J connectivity index is 1.59. The second-order valence-corrected chi connectivity index (χ2v) is 7.24. The minimum Gasteiger partial charge on any atom is -0.333 e. The van der Waals surface area contributed by atoms with Crippen LogP contribution in [-0.2, 0) is 11.3 Å². The summed E-state index contributed by atoms with van der Waals surface area (Å²) < 4.78 is 0. The predicted octanol–water partition coefficient (Wildman–Crippen LogP) is 3.84. The summed E-state index contributed by atoms with van der Waals surface area (Å²) in [6.07, 6.45) is 1.75. The molecular weight excluding hydrogens is 352 g/mol. The van der Waals surface area contributed by atoms with E-state index in [0.717, 1.165) is 10.4 Å². The lowest BCUT2D eigenvalue weighted by Crippen LogP contribution is -2.31. The van der Waals surface area contributed by atoms with Crippen LogP contribution in [0.4, 0.5) is 0 Å². The fourth-order valence-electron chi connectivity index (χ4n) is 2.25. The number of nitrogens with one attached hydrogen (secondary N) is 1. The standard InChI is InChI=1S/C18H18N4OS2/c1-2-10-22(12-15-9-6-11-24-15)16(23)13-25-18-19-17(20-21-18)14-7-4-3-5-8-14/h2-9,11H,1,10,12-13H2,(H,19,20,21). The molecule has 3 rings (SSSR count). The van der Waals surface area contributed by atoms with E-state index in [2.05, 4.69) is 21.8 Å². The number of aromatic amines is 1. The van der Waals surface area contributed by atoms with Crippen molar-refractivity contribution < 1.29 is 4.79 Å². The molecule has 0 saturated carbocycles. The van der Waals surface area contributed by atoms with Crippen LogP contribution in [-0.4, -0.2) is 38.3 Å². The van der Waals surface area contributed by atoms with Gasteiger partial charge in [0.2, 0.25) is 11.1 Å². The zero-order valence-electron chi connectivity index (χ0n) is 13.6. The lowest BCUT2D eigenvalue weighted by atomic mass is 10.2. The molecule has 1 aromatic carbocycles. The van der Waals surface area contributed by atoms with E-state index in [4.69, 9.17) is 0 Å². The maximum Gasteiger partial charge on any atom is 0.233 e. The highest BCUT2D eigenvalue weighted by Crippen LogP contribution is 2.20. The second kappa shape index (κ2) is 8.64. The van der Waals surface area contributed by atoms with Gasteiger partial charge in [0, 0.05) is 17.0 Å². The van der Waals surface area contributed by atoms with Crippen LogP contribution in [0, 0.1) is 0 Å². The molecule has 2 heterocycles. The van der Waals surface area contributed by atoms with Gasteiger partial charge in [-0.3, -0.25) is 9.89 Å². The van der Waals surface area contributed by atoms with E-state index in [1.165, 1.54) is 11.8 Å². The van der Waals surface area contributed by atoms with Gasteiger partial charge in [-0.05, 0) is 11.4 Å². The first-order chi connectivity index (χ1) is 12.3. The lowest BCUT2D eigenvalue weighted by Gasteiger charge is -2.19. The number of rotatable bonds is 8. The number of amides is 1. The summed E-state index contributed by atoms with van der Waals surface area (Å²) in [4.78, 5) is 19.9. The van der Waals surface area contributed by atoms with Gasteiger partial charge in [0.05, 0.1) is 12.3 Å². The molecule has 7 heteroatoms. The zero-order valence-corrected chi connectivity index (χ0v) is 15.2. The molecule has 0 fully saturated rings. The summed E-state index contributed by atoms with van der Waals surface area (Å²) in [5.74, 6) is 1.05. The molecule has 0 aliphatic heterocycles. The Morgan fingerprint density at radius 1 is 1.28 bits per heavy atom. The van der Waals surface area contributed by atoms with Crippen molar-refractivity contribution >= 4 is 29.0 Å². The fraction of sp³-hybridized carbons (Fsp3) is 0.167. The summed E-state index contributed by atoms with van der Waals surface area (Å²) in [5, 5.41) is 9.68. The van der Waals surface area contributed by atoms with E-state index < -0.39 is 0 Å². The molecule has 0 radical (unpaired) electrons. The van der Waals surface area contributed by atoms with Crippen molar-refractivity contribution in [3.8, 4) is 11.4 Å². The molecule has 5 nitrogen and oxygen atoms in total. The third-order valence-corrected chi connectivity index (χ3v) is 5.16. The summed E-state index contributed by atoms with van der Waals surface area (Å²) in [6, 6.07) is 13.8. The number of H-pyrrole nitrogens is 1. The monoisotopic (exact) mass is 370 g/mol. The average molecular weight is 371 g/mol. The van der Waals surface area contributed by atoms with E-state index in [-0.39, 0.29) is 5.91 Å². The maximum atomic E-state index is 12.5. The largest absolute Gasteiger partial charge is 0.333 e. The van der Waals surface area contributed by atoms with Crippen LogP contribution in [0.25, 0.3) is 11.4 Å². The Morgan fingerprint density at radius 2 is 2.12 bits per heavy atom. The summed E-state index contributed by atoms with van der Waals surface area (Å²) in [7, 11) is 0.